The normalized spacial score (nSPS) is 53.7. The summed E-state index contributed by atoms with van der Waals surface area (Å²) in [4.78, 5) is 0. The molecule has 2 aliphatic heterocycles. The van der Waals surface area contributed by atoms with Crippen LogP contribution in [0.15, 0.2) is 0 Å². The number of hydrogen-bond acceptors (Lipinski definition) is 15. The van der Waals surface area contributed by atoms with Crippen molar-refractivity contribution in [1.82, 2.24) is 0 Å². The Morgan fingerprint density at radius 2 is 1.18 bits per heavy atom. The Labute approximate surface area is 189 Å². The zero-order valence-electron chi connectivity index (χ0n) is 17.9. The lowest BCUT2D eigenvalue weighted by Gasteiger charge is -2.48. The first-order chi connectivity index (χ1) is 15.5. The molecular weight excluding hydrogens is 448 g/mol. The highest BCUT2D eigenvalue weighted by Crippen LogP contribution is 2.31. The fourth-order valence-electron chi connectivity index (χ4n) is 4.40. The molecule has 2 saturated heterocycles. The first-order valence-electron chi connectivity index (χ1n) is 10.8. The SMILES string of the molecule is NCC1O[C@@H](O[C@H]2[C@H](O)[C@@H](O[C@H]3OC(CO)[C@@H](O)[C@@H](N)C3O)[C@H](N)C[C@@H]2N)C(O)[C@H](O)[C@@H]1O. The Bertz CT molecular complexity index is 584. The zero-order valence-corrected chi connectivity index (χ0v) is 17.9. The summed E-state index contributed by atoms with van der Waals surface area (Å²) in [7, 11) is 0. The first kappa shape index (κ1) is 27.0. The Balaban J connectivity index is 1.72. The molecule has 0 amide bonds. The Kier molecular flexibility index (Phi) is 8.99. The second-order valence-corrected chi connectivity index (χ2v) is 8.79. The lowest BCUT2D eigenvalue weighted by molar-refractivity contribution is -0.332. The summed E-state index contributed by atoms with van der Waals surface area (Å²) in [6, 6.07) is -2.86. The van der Waals surface area contributed by atoms with Crippen LogP contribution < -0.4 is 22.9 Å². The molecule has 2 heterocycles. The molecule has 1 saturated carbocycles. The highest BCUT2D eigenvalue weighted by molar-refractivity contribution is 5.01. The summed E-state index contributed by atoms with van der Waals surface area (Å²) in [6.07, 6.45) is -16.5. The molecule has 1 aliphatic carbocycles. The minimum absolute atomic E-state index is 0.0849. The van der Waals surface area contributed by atoms with Crippen LogP contribution in [-0.2, 0) is 18.9 Å². The third kappa shape index (κ3) is 5.32. The number of ether oxygens (including phenoxy) is 4. The molecule has 15 N–H and O–H groups in total. The van der Waals surface area contributed by atoms with E-state index in [-0.39, 0.29) is 13.0 Å². The van der Waals surface area contributed by atoms with Gasteiger partial charge in [0.15, 0.2) is 12.6 Å². The maximum atomic E-state index is 10.9. The van der Waals surface area contributed by atoms with Crippen LogP contribution in [0.3, 0.4) is 0 Å². The number of nitrogens with two attached hydrogens (primary N) is 4. The van der Waals surface area contributed by atoms with Crippen molar-refractivity contribution in [3.63, 3.8) is 0 Å². The van der Waals surface area contributed by atoms with Gasteiger partial charge in [0.25, 0.3) is 0 Å². The monoisotopic (exact) mass is 484 g/mol. The molecule has 194 valence electrons. The van der Waals surface area contributed by atoms with E-state index in [2.05, 4.69) is 0 Å². The van der Waals surface area contributed by atoms with E-state index < -0.39 is 98.4 Å². The number of aliphatic hydroxyl groups excluding tert-OH is 7. The van der Waals surface area contributed by atoms with Crippen molar-refractivity contribution in [3.8, 4) is 0 Å². The third-order valence-electron chi connectivity index (χ3n) is 6.48. The van der Waals surface area contributed by atoms with Gasteiger partial charge in [-0.2, -0.15) is 0 Å². The molecule has 15 heteroatoms. The molecule has 4 unspecified atom stereocenters. The van der Waals surface area contributed by atoms with Crippen LogP contribution in [0.2, 0.25) is 0 Å². The van der Waals surface area contributed by atoms with Crippen LogP contribution >= 0.6 is 0 Å². The zero-order chi connectivity index (χ0) is 24.6. The largest absolute Gasteiger partial charge is 0.394 e. The van der Waals surface area contributed by atoms with E-state index in [0.717, 1.165) is 0 Å². The molecular formula is C18H36N4O11. The van der Waals surface area contributed by atoms with Crippen molar-refractivity contribution >= 4 is 0 Å². The highest BCUT2D eigenvalue weighted by atomic mass is 16.7. The van der Waals surface area contributed by atoms with Gasteiger partial charge in [-0.1, -0.05) is 0 Å². The predicted molar refractivity (Wildman–Crippen MR) is 108 cm³/mol. The smallest absolute Gasteiger partial charge is 0.187 e. The summed E-state index contributed by atoms with van der Waals surface area (Å²) < 4.78 is 22.2. The van der Waals surface area contributed by atoms with Crippen LogP contribution in [-0.4, -0.2) is 141 Å². The predicted octanol–water partition coefficient (Wildman–Crippen LogP) is -7.29. The molecule has 0 spiro atoms. The van der Waals surface area contributed by atoms with Gasteiger partial charge in [-0.15, -0.1) is 0 Å². The van der Waals surface area contributed by atoms with Crippen LogP contribution in [0.5, 0.6) is 0 Å². The van der Waals surface area contributed by atoms with Crippen molar-refractivity contribution in [1.29, 1.82) is 0 Å². The van der Waals surface area contributed by atoms with Crippen molar-refractivity contribution < 1.29 is 54.7 Å². The standard InChI is InChI=1S/C18H36N4O11/c19-2-6-10(25)12(27)13(28)18(30-6)33-16-5(21)1-4(20)15(14(16)29)32-17-11(26)8(22)9(24)7(3-23)31-17/h4-18,23-29H,1-3,19-22H2/t4-,5+,6?,7?,8-,9-,10-,11?,12-,13?,14-,15+,16-,17-,18+/m1/s1. The van der Waals surface area contributed by atoms with Gasteiger partial charge in [0.1, 0.15) is 61.0 Å². The summed E-state index contributed by atoms with van der Waals surface area (Å²) in [5, 5.41) is 70.9. The van der Waals surface area contributed by atoms with E-state index in [1.165, 1.54) is 0 Å². The van der Waals surface area contributed by atoms with Gasteiger partial charge in [0.2, 0.25) is 0 Å². The maximum absolute atomic E-state index is 10.9. The minimum Gasteiger partial charge on any atom is -0.394 e. The van der Waals surface area contributed by atoms with Crippen molar-refractivity contribution in [2.45, 2.75) is 98.2 Å². The van der Waals surface area contributed by atoms with E-state index >= 15 is 0 Å². The third-order valence-corrected chi connectivity index (χ3v) is 6.48. The summed E-state index contributed by atoms with van der Waals surface area (Å²) >= 11 is 0. The van der Waals surface area contributed by atoms with E-state index in [9.17, 15) is 35.7 Å². The van der Waals surface area contributed by atoms with Gasteiger partial charge in [-0.05, 0) is 6.42 Å². The van der Waals surface area contributed by atoms with Crippen LogP contribution in [0.1, 0.15) is 6.42 Å². The lowest BCUT2D eigenvalue weighted by atomic mass is 9.84. The quantitative estimate of drug-likeness (QED) is 0.167. The van der Waals surface area contributed by atoms with E-state index in [1.807, 2.05) is 0 Å². The number of hydrogen-bond donors (Lipinski definition) is 11. The van der Waals surface area contributed by atoms with Crippen molar-refractivity contribution in [2.75, 3.05) is 13.2 Å². The summed E-state index contributed by atoms with van der Waals surface area (Å²) in [5.41, 5.74) is 23.5. The molecule has 0 aromatic carbocycles. The molecule has 3 aliphatic rings. The average molecular weight is 485 g/mol. The molecule has 15 nitrogen and oxygen atoms in total. The molecule has 3 rings (SSSR count). The van der Waals surface area contributed by atoms with Crippen LogP contribution in [0.4, 0.5) is 0 Å². The van der Waals surface area contributed by atoms with E-state index in [0.29, 0.717) is 0 Å². The van der Waals surface area contributed by atoms with Gasteiger partial charge in [0.05, 0.1) is 12.6 Å². The summed E-state index contributed by atoms with van der Waals surface area (Å²) in [5.74, 6) is 0. The molecule has 0 bridgehead atoms. The van der Waals surface area contributed by atoms with Gasteiger partial charge >= 0.3 is 0 Å². The lowest BCUT2D eigenvalue weighted by Crippen LogP contribution is -2.68. The fraction of sp³-hybridized carbons (Fsp3) is 1.00. The van der Waals surface area contributed by atoms with Crippen molar-refractivity contribution in [3.05, 3.63) is 0 Å². The Morgan fingerprint density at radius 3 is 1.70 bits per heavy atom. The van der Waals surface area contributed by atoms with Gasteiger partial charge in [-0.25, -0.2) is 0 Å². The minimum atomic E-state index is -1.66. The molecule has 0 radical (unpaired) electrons. The average Bonchev–Trinajstić information content (AvgIpc) is 2.79. The second kappa shape index (κ2) is 11.0. The van der Waals surface area contributed by atoms with Crippen LogP contribution in [0, 0.1) is 0 Å². The fourth-order valence-corrected chi connectivity index (χ4v) is 4.40. The molecule has 33 heavy (non-hydrogen) atoms. The molecule has 3 fully saturated rings. The first-order valence-corrected chi connectivity index (χ1v) is 10.8. The Morgan fingerprint density at radius 1 is 0.667 bits per heavy atom. The number of rotatable bonds is 6. The molecule has 0 aromatic rings. The second-order valence-electron chi connectivity index (χ2n) is 8.79. The van der Waals surface area contributed by atoms with Crippen LogP contribution in [0.25, 0.3) is 0 Å². The topological polar surface area (TPSA) is 283 Å². The summed E-state index contributed by atoms with van der Waals surface area (Å²) in [6.45, 7) is -0.763. The molecule has 15 atom stereocenters. The Hall–Kier alpha value is -0.600. The van der Waals surface area contributed by atoms with E-state index in [1.54, 1.807) is 0 Å². The van der Waals surface area contributed by atoms with Gasteiger partial charge in [-0.3, -0.25) is 0 Å². The van der Waals surface area contributed by atoms with E-state index in [4.69, 9.17) is 41.9 Å². The molecule has 0 aromatic heterocycles. The van der Waals surface area contributed by atoms with Gasteiger partial charge in [0, 0.05) is 18.6 Å². The van der Waals surface area contributed by atoms with Crippen molar-refractivity contribution in [2.24, 2.45) is 22.9 Å². The number of aliphatic hydroxyl groups is 7. The highest BCUT2D eigenvalue weighted by Gasteiger charge is 2.51. The van der Waals surface area contributed by atoms with Gasteiger partial charge < -0.3 is 77.6 Å². The maximum Gasteiger partial charge on any atom is 0.187 e.